The van der Waals surface area contributed by atoms with Crippen LogP contribution in [0.2, 0.25) is 5.02 Å². The van der Waals surface area contributed by atoms with Crippen LogP contribution in [-0.4, -0.2) is 35.7 Å². The van der Waals surface area contributed by atoms with Crippen LogP contribution in [0.3, 0.4) is 0 Å². The molecule has 0 radical (unpaired) electrons. The number of aryl methyl sites for hydroxylation is 1. The fourth-order valence-corrected chi connectivity index (χ4v) is 6.08. The van der Waals surface area contributed by atoms with Gasteiger partial charge in [0.05, 0.1) is 6.61 Å². The molecule has 9 heteroatoms. The summed E-state index contributed by atoms with van der Waals surface area (Å²) in [6, 6.07) is 5.05. The van der Waals surface area contributed by atoms with Gasteiger partial charge in [-0.05, 0) is 54.9 Å². The molecule has 0 aromatic heterocycles. The van der Waals surface area contributed by atoms with Gasteiger partial charge in [-0.1, -0.05) is 24.6 Å². The molecule has 1 N–H and O–H groups in total. The van der Waals surface area contributed by atoms with Crippen molar-refractivity contribution in [3.05, 3.63) is 34.3 Å². The van der Waals surface area contributed by atoms with Crippen molar-refractivity contribution in [2.45, 2.75) is 33.7 Å². The van der Waals surface area contributed by atoms with Crippen molar-refractivity contribution in [3.8, 4) is 0 Å². The Balaban J connectivity index is 2.88. The lowest BCUT2D eigenvalue weighted by Crippen LogP contribution is -2.39. The predicted molar refractivity (Wildman–Crippen MR) is 108 cm³/mol. The molecule has 0 aliphatic carbocycles. The second-order valence-electron chi connectivity index (χ2n) is 5.35. The fourth-order valence-electron chi connectivity index (χ4n) is 2.07. The van der Waals surface area contributed by atoms with Crippen molar-refractivity contribution < 1.29 is 13.9 Å². The number of amides is 2. The third-order valence-electron chi connectivity index (χ3n) is 3.30. The van der Waals surface area contributed by atoms with Gasteiger partial charge >= 0.3 is 12.8 Å². The molecule has 2 amide bonds. The molecule has 0 aliphatic rings. The van der Waals surface area contributed by atoms with E-state index in [-0.39, 0.29) is 12.5 Å². The summed E-state index contributed by atoms with van der Waals surface area (Å²) in [6.07, 6.45) is 0.840. The molecule has 0 bridgehead atoms. The number of nitrogens with zero attached hydrogens (tertiary/aromatic N) is 1. The number of hydrogen-bond donors (Lipinski definition) is 1. The highest BCUT2D eigenvalue weighted by atomic mass is 35.5. The first kappa shape index (κ1) is 22.7. The van der Waals surface area contributed by atoms with E-state index in [1.807, 2.05) is 26.0 Å². The maximum Gasteiger partial charge on any atom is 0.354 e. The Morgan fingerprint density at radius 2 is 2.12 bits per heavy atom. The second kappa shape index (κ2) is 11.3. The Hall–Kier alpha value is -0.390. The molecule has 142 valence electrons. The highest BCUT2D eigenvalue weighted by Crippen LogP contribution is 2.56. The van der Waals surface area contributed by atoms with Crippen LogP contribution in [0.5, 0.6) is 0 Å². The van der Waals surface area contributed by atoms with Crippen molar-refractivity contribution in [2.24, 2.45) is 0 Å². The van der Waals surface area contributed by atoms with Gasteiger partial charge in [0.25, 0.3) is 0 Å². The zero-order valence-electron chi connectivity index (χ0n) is 14.8. The lowest BCUT2D eigenvalue weighted by Gasteiger charge is -2.26. The summed E-state index contributed by atoms with van der Waals surface area (Å²) in [5, 5.41) is 3.21. The quantitative estimate of drug-likeness (QED) is 0.385. The Bertz CT molecular complexity index is 619. The van der Waals surface area contributed by atoms with E-state index in [1.54, 1.807) is 13.0 Å². The van der Waals surface area contributed by atoms with Gasteiger partial charge in [0, 0.05) is 29.7 Å². The monoisotopic (exact) mass is 426 g/mol. The average molecular weight is 427 g/mol. The summed E-state index contributed by atoms with van der Waals surface area (Å²) >= 11 is 13.0. The van der Waals surface area contributed by atoms with Gasteiger partial charge in [0.15, 0.2) is 0 Å². The summed E-state index contributed by atoms with van der Waals surface area (Å²) in [5.74, 6) is 0.921. The molecule has 1 aromatic rings. The minimum atomic E-state index is -3.28. The third kappa shape index (κ3) is 7.79. The molecule has 1 atom stereocenters. The lowest BCUT2D eigenvalue weighted by molar-refractivity contribution is 0.202. The summed E-state index contributed by atoms with van der Waals surface area (Å²) in [6.45, 7) is 3.33. The van der Waals surface area contributed by atoms with Crippen LogP contribution < -0.4 is 5.09 Å². The number of hydrogen-bond acceptors (Lipinski definition) is 4. The zero-order chi connectivity index (χ0) is 18.9. The fraction of sp³-hybridized carbons (Fsp3) is 0.562. The van der Waals surface area contributed by atoms with Crippen LogP contribution in [0.4, 0.5) is 4.79 Å². The summed E-state index contributed by atoms with van der Waals surface area (Å²) in [4.78, 5) is 14.2. The summed E-state index contributed by atoms with van der Waals surface area (Å²) in [5.41, 5.74) is 1.94. The Morgan fingerprint density at radius 3 is 2.68 bits per heavy atom. The Kier molecular flexibility index (Phi) is 10.3. The number of carbonyl (C=O) groups is 1. The topological polar surface area (TPSA) is 58.6 Å². The average Bonchev–Trinajstić information content (AvgIpc) is 2.55. The van der Waals surface area contributed by atoms with E-state index in [2.05, 4.69) is 5.09 Å². The van der Waals surface area contributed by atoms with E-state index in [0.717, 1.165) is 28.9 Å². The van der Waals surface area contributed by atoms with Gasteiger partial charge in [0.1, 0.15) is 0 Å². The van der Waals surface area contributed by atoms with Crippen LogP contribution >= 0.6 is 41.3 Å². The first-order chi connectivity index (χ1) is 11.8. The number of nitrogens with one attached hydrogen (secondary N) is 1. The maximum atomic E-state index is 12.8. The molecule has 1 aromatic carbocycles. The van der Waals surface area contributed by atoms with E-state index in [9.17, 15) is 9.36 Å². The molecule has 0 spiro atoms. The molecule has 1 rings (SSSR count). The predicted octanol–water partition coefficient (Wildman–Crippen LogP) is 5.69. The molecule has 0 saturated carbocycles. The van der Waals surface area contributed by atoms with E-state index in [4.69, 9.17) is 27.7 Å². The summed E-state index contributed by atoms with van der Waals surface area (Å²) < 4.78 is 18.1. The number of carbonyl (C=O) groups excluding carboxylic acids is 1. The highest BCUT2D eigenvalue weighted by Gasteiger charge is 2.28. The summed E-state index contributed by atoms with van der Waals surface area (Å²) in [7, 11) is 0. The van der Waals surface area contributed by atoms with Crippen LogP contribution in [0.15, 0.2) is 18.2 Å². The van der Waals surface area contributed by atoms with E-state index < -0.39 is 12.8 Å². The zero-order valence-corrected chi connectivity index (χ0v) is 18.0. The van der Waals surface area contributed by atoms with Crippen LogP contribution in [0, 0.1) is 6.92 Å². The van der Waals surface area contributed by atoms with Crippen LogP contribution in [0.25, 0.3) is 0 Å². The lowest BCUT2D eigenvalue weighted by atomic mass is 10.1. The standard InChI is InChI=1S/C16H25Cl2N2O3PS/c1-4-10-25-24(22,23-5-2)19-16(21)20(9-8-17)12-14-6-7-15(18)11-13(14)3/h6-7,11H,4-5,8-10,12H2,1-3H3,(H,19,21,22). The number of benzene rings is 1. The molecular formula is C16H25Cl2N2O3PS. The largest absolute Gasteiger partial charge is 0.354 e. The van der Waals surface area contributed by atoms with Gasteiger partial charge in [0.2, 0.25) is 0 Å². The number of urea groups is 1. The normalized spacial score (nSPS) is 13.3. The van der Waals surface area contributed by atoms with E-state index >= 15 is 0 Å². The minimum absolute atomic E-state index is 0.264. The number of halogens is 2. The van der Waals surface area contributed by atoms with Gasteiger partial charge in [-0.2, -0.15) is 0 Å². The third-order valence-corrected chi connectivity index (χ3v) is 7.86. The van der Waals surface area contributed by atoms with Crippen molar-refractivity contribution in [1.82, 2.24) is 9.99 Å². The Morgan fingerprint density at radius 1 is 1.40 bits per heavy atom. The molecule has 1 unspecified atom stereocenters. The highest BCUT2D eigenvalue weighted by molar-refractivity contribution is 8.56. The van der Waals surface area contributed by atoms with Gasteiger partial charge in [-0.3, -0.25) is 9.65 Å². The SMILES string of the molecule is CCCSP(=O)(NC(=O)N(CCCl)Cc1ccc(Cl)cc1C)OCC. The van der Waals surface area contributed by atoms with Crippen molar-refractivity contribution in [2.75, 3.05) is 24.8 Å². The maximum absolute atomic E-state index is 12.8. The molecule has 25 heavy (non-hydrogen) atoms. The molecule has 5 nitrogen and oxygen atoms in total. The van der Waals surface area contributed by atoms with Crippen LogP contribution in [-0.2, 0) is 15.6 Å². The van der Waals surface area contributed by atoms with Crippen molar-refractivity contribution >= 4 is 47.3 Å². The number of alkyl halides is 1. The van der Waals surface area contributed by atoms with Crippen LogP contribution in [0.1, 0.15) is 31.4 Å². The van der Waals surface area contributed by atoms with Gasteiger partial charge in [-0.15, -0.1) is 11.6 Å². The molecular weight excluding hydrogens is 402 g/mol. The Labute approximate surface area is 164 Å². The first-order valence-corrected chi connectivity index (χ1v) is 12.2. The van der Waals surface area contributed by atoms with Gasteiger partial charge in [-0.25, -0.2) is 4.79 Å². The van der Waals surface area contributed by atoms with E-state index in [0.29, 0.717) is 23.9 Å². The van der Waals surface area contributed by atoms with E-state index in [1.165, 1.54) is 4.90 Å². The molecule has 0 heterocycles. The molecule has 0 fully saturated rings. The van der Waals surface area contributed by atoms with Crippen molar-refractivity contribution in [1.29, 1.82) is 0 Å². The molecule has 0 saturated heterocycles. The number of rotatable bonds is 10. The second-order valence-corrected chi connectivity index (χ2v) is 10.5. The molecule has 0 aliphatic heterocycles. The minimum Gasteiger partial charge on any atom is -0.319 e. The smallest absolute Gasteiger partial charge is 0.319 e. The first-order valence-electron chi connectivity index (χ1n) is 8.12. The van der Waals surface area contributed by atoms with Gasteiger partial charge < -0.3 is 9.42 Å². The van der Waals surface area contributed by atoms with Crippen molar-refractivity contribution in [3.63, 3.8) is 0 Å².